The van der Waals surface area contributed by atoms with Crippen molar-refractivity contribution in [3.8, 4) is 5.88 Å². The molecule has 0 aliphatic heterocycles. The summed E-state index contributed by atoms with van der Waals surface area (Å²) in [5.41, 5.74) is -0.0526. The lowest BCUT2D eigenvalue weighted by molar-refractivity contribution is -0.154. The molecule has 28 heavy (non-hydrogen) atoms. The first-order valence-corrected chi connectivity index (χ1v) is 9.30. The van der Waals surface area contributed by atoms with Crippen molar-refractivity contribution in [2.24, 2.45) is 0 Å². The lowest BCUT2D eigenvalue weighted by atomic mass is 10.2. The van der Waals surface area contributed by atoms with Crippen LogP contribution in [0.15, 0.2) is 41.4 Å². The molecule has 0 aliphatic rings. The Hall–Kier alpha value is -3.13. The Balaban J connectivity index is 1.89. The van der Waals surface area contributed by atoms with Crippen molar-refractivity contribution in [2.75, 3.05) is 6.61 Å². The number of halogens is 4. The molecule has 0 spiro atoms. The lowest BCUT2D eigenvalue weighted by Gasteiger charge is -2.08. The molecule has 146 valence electrons. The number of aromatic amines is 1. The first kappa shape index (κ1) is 19.6. The number of fused-ring (bicyclic) bond motifs is 1. The molecule has 0 saturated heterocycles. The van der Waals surface area contributed by atoms with E-state index in [-0.39, 0.29) is 33.1 Å². The molecule has 2 aromatic heterocycles. The number of sulfone groups is 1. The van der Waals surface area contributed by atoms with E-state index in [1.807, 2.05) is 0 Å². The van der Waals surface area contributed by atoms with Crippen LogP contribution in [-0.4, -0.2) is 31.2 Å². The highest BCUT2D eigenvalue weighted by Crippen LogP contribution is 2.28. The van der Waals surface area contributed by atoms with Crippen molar-refractivity contribution in [1.82, 2.24) is 9.97 Å². The van der Waals surface area contributed by atoms with Crippen LogP contribution in [-0.2, 0) is 15.6 Å². The Kier molecular flexibility index (Phi) is 4.99. The smallest absolute Gasteiger partial charge is 0.422 e. The van der Waals surface area contributed by atoms with E-state index in [4.69, 9.17) is 6.57 Å². The average molecular weight is 413 g/mol. The first-order chi connectivity index (χ1) is 13.1. The third kappa shape index (κ3) is 4.23. The fraction of sp³-hybridized carbons (Fsp3) is 0.176. The fourth-order valence-corrected chi connectivity index (χ4v) is 4.00. The summed E-state index contributed by atoms with van der Waals surface area (Å²) in [5.74, 6) is -1.80. The van der Waals surface area contributed by atoms with Crippen molar-refractivity contribution in [2.45, 2.75) is 16.8 Å². The van der Waals surface area contributed by atoms with Crippen LogP contribution in [0.5, 0.6) is 5.88 Å². The van der Waals surface area contributed by atoms with Crippen molar-refractivity contribution in [1.29, 1.82) is 0 Å². The van der Waals surface area contributed by atoms with E-state index in [1.165, 1.54) is 18.2 Å². The van der Waals surface area contributed by atoms with Crippen LogP contribution < -0.4 is 4.74 Å². The normalized spacial score (nSPS) is 12.1. The van der Waals surface area contributed by atoms with Gasteiger partial charge in [0.2, 0.25) is 5.88 Å². The van der Waals surface area contributed by atoms with Crippen molar-refractivity contribution >= 4 is 26.6 Å². The van der Waals surface area contributed by atoms with Crippen molar-refractivity contribution in [3.63, 3.8) is 0 Å². The van der Waals surface area contributed by atoms with Crippen LogP contribution in [0.25, 0.3) is 15.9 Å². The third-order valence-electron chi connectivity index (χ3n) is 3.71. The molecule has 1 N–H and O–H groups in total. The number of hydrogen-bond acceptors (Lipinski definition) is 4. The van der Waals surface area contributed by atoms with Gasteiger partial charge in [0, 0.05) is 23.2 Å². The standard InChI is InChI=1S/C17H11F4N3O3S/c1-22-11-3-2-10(13(18)6-11)8-28(25,26)14-7-23-16-12(14)4-5-15(24-16)27-9-17(19,20)21/h2-7H,8-9H2,(H,23,24). The molecule has 0 bridgehead atoms. The maximum Gasteiger partial charge on any atom is 0.422 e. The second-order valence-corrected chi connectivity index (χ2v) is 7.71. The number of hydrogen-bond donors (Lipinski definition) is 1. The van der Waals surface area contributed by atoms with E-state index in [9.17, 15) is 26.0 Å². The number of nitrogens with zero attached hydrogens (tertiary/aromatic N) is 2. The highest BCUT2D eigenvalue weighted by molar-refractivity contribution is 7.90. The minimum Gasteiger partial charge on any atom is -0.468 e. The van der Waals surface area contributed by atoms with Gasteiger partial charge in [-0.1, -0.05) is 12.1 Å². The van der Waals surface area contributed by atoms with Gasteiger partial charge in [-0.05, 0) is 12.1 Å². The summed E-state index contributed by atoms with van der Waals surface area (Å²) in [4.78, 5) is 9.26. The number of aromatic nitrogens is 2. The molecule has 0 fully saturated rings. The third-order valence-corrected chi connectivity index (χ3v) is 5.40. The molecule has 3 aromatic rings. The van der Waals surface area contributed by atoms with Gasteiger partial charge in [0.1, 0.15) is 11.5 Å². The summed E-state index contributed by atoms with van der Waals surface area (Å²) in [6.07, 6.45) is -3.40. The quantitative estimate of drug-likeness (QED) is 0.503. The number of nitrogens with one attached hydrogen (secondary N) is 1. The van der Waals surface area contributed by atoms with Gasteiger partial charge >= 0.3 is 6.18 Å². The summed E-state index contributed by atoms with van der Waals surface area (Å²) in [5, 5.41) is 0.137. The van der Waals surface area contributed by atoms with E-state index in [1.54, 1.807) is 0 Å². The molecular weight excluding hydrogens is 402 g/mol. The zero-order valence-electron chi connectivity index (χ0n) is 13.9. The molecule has 0 saturated carbocycles. The summed E-state index contributed by atoms with van der Waals surface area (Å²) < 4.78 is 80.5. The zero-order chi connectivity index (χ0) is 20.5. The minimum atomic E-state index is -4.53. The van der Waals surface area contributed by atoms with Gasteiger partial charge in [-0.3, -0.25) is 0 Å². The van der Waals surface area contributed by atoms with Gasteiger partial charge < -0.3 is 9.72 Å². The number of H-pyrrole nitrogens is 1. The molecule has 0 atom stereocenters. The second-order valence-electron chi connectivity index (χ2n) is 5.75. The molecule has 0 aliphatic carbocycles. The summed E-state index contributed by atoms with van der Waals surface area (Å²) in [6, 6.07) is 5.85. The molecule has 6 nitrogen and oxygen atoms in total. The van der Waals surface area contributed by atoms with Crippen molar-refractivity contribution < 1.29 is 30.7 Å². The van der Waals surface area contributed by atoms with Gasteiger partial charge in [0.25, 0.3) is 0 Å². The predicted molar refractivity (Wildman–Crippen MR) is 91.2 cm³/mol. The van der Waals surface area contributed by atoms with E-state index >= 15 is 0 Å². The first-order valence-electron chi connectivity index (χ1n) is 7.65. The molecule has 2 heterocycles. The van der Waals surface area contributed by atoms with E-state index in [0.29, 0.717) is 0 Å². The van der Waals surface area contributed by atoms with Gasteiger partial charge in [0.05, 0.1) is 17.2 Å². The Bertz CT molecular complexity index is 1180. The number of pyridine rings is 1. The number of ether oxygens (including phenoxy) is 1. The maximum absolute atomic E-state index is 14.0. The Labute approximate surface area is 156 Å². The van der Waals surface area contributed by atoms with Crippen LogP contribution in [0.1, 0.15) is 5.56 Å². The summed E-state index contributed by atoms with van der Waals surface area (Å²) in [7, 11) is -4.00. The molecule has 0 amide bonds. The summed E-state index contributed by atoms with van der Waals surface area (Å²) >= 11 is 0. The molecule has 1 aromatic carbocycles. The van der Waals surface area contributed by atoms with Crippen LogP contribution in [0.3, 0.4) is 0 Å². The van der Waals surface area contributed by atoms with E-state index in [2.05, 4.69) is 19.5 Å². The number of rotatable bonds is 5. The molecular formula is C17H11F4N3O3S. The van der Waals surface area contributed by atoms with Crippen LogP contribution in [0, 0.1) is 12.4 Å². The average Bonchev–Trinajstić information content (AvgIpc) is 3.05. The van der Waals surface area contributed by atoms with Crippen LogP contribution in [0.2, 0.25) is 0 Å². The van der Waals surface area contributed by atoms with E-state index < -0.39 is 34.2 Å². The second kappa shape index (κ2) is 7.12. The topological polar surface area (TPSA) is 76.4 Å². The van der Waals surface area contributed by atoms with Crippen LogP contribution >= 0.6 is 0 Å². The van der Waals surface area contributed by atoms with Gasteiger partial charge in [-0.2, -0.15) is 18.2 Å². The van der Waals surface area contributed by atoms with Crippen molar-refractivity contribution in [3.05, 3.63) is 59.3 Å². The largest absolute Gasteiger partial charge is 0.468 e. The molecule has 0 radical (unpaired) electrons. The predicted octanol–water partition coefficient (Wildman–Crippen LogP) is 4.17. The van der Waals surface area contributed by atoms with Crippen LogP contribution in [0.4, 0.5) is 23.2 Å². The monoisotopic (exact) mass is 413 g/mol. The molecule has 0 unspecified atom stereocenters. The highest BCUT2D eigenvalue weighted by Gasteiger charge is 2.29. The Morgan fingerprint density at radius 3 is 2.61 bits per heavy atom. The van der Waals surface area contributed by atoms with Gasteiger partial charge in [-0.25, -0.2) is 17.7 Å². The lowest BCUT2D eigenvalue weighted by Crippen LogP contribution is -2.19. The maximum atomic E-state index is 14.0. The molecule has 3 rings (SSSR count). The number of benzene rings is 1. The van der Waals surface area contributed by atoms with E-state index in [0.717, 1.165) is 18.3 Å². The highest BCUT2D eigenvalue weighted by atomic mass is 32.2. The molecule has 11 heteroatoms. The minimum absolute atomic E-state index is 0.0158. The summed E-state index contributed by atoms with van der Waals surface area (Å²) in [6.45, 7) is 5.30. The number of alkyl halides is 3. The van der Waals surface area contributed by atoms with Gasteiger partial charge in [-0.15, -0.1) is 0 Å². The fourth-order valence-electron chi connectivity index (χ4n) is 2.46. The Morgan fingerprint density at radius 1 is 1.21 bits per heavy atom. The van der Waals surface area contributed by atoms with Gasteiger partial charge in [0.15, 0.2) is 22.1 Å². The Morgan fingerprint density at radius 2 is 1.96 bits per heavy atom. The zero-order valence-corrected chi connectivity index (χ0v) is 14.7. The SMILES string of the molecule is [C-]#[N+]c1ccc(CS(=O)(=O)c2c[nH]c3nc(OCC(F)(F)F)ccc23)c(F)c1.